The fraction of sp³-hybridized carbons (Fsp3) is 0.0476. The zero-order chi connectivity index (χ0) is 16.8. The van der Waals surface area contributed by atoms with Crippen LogP contribution < -0.4 is 5.32 Å². The SMILES string of the molecule is Cc1cccc(N/C(=C/C(=S)c2ccccc2)c2ccccc2)n1. The van der Waals surface area contributed by atoms with Gasteiger partial charge in [-0.1, -0.05) is 78.9 Å². The minimum atomic E-state index is 0.787. The number of hydrogen-bond acceptors (Lipinski definition) is 3. The van der Waals surface area contributed by atoms with Crippen molar-refractivity contribution in [3.05, 3.63) is 102 Å². The number of benzene rings is 2. The minimum absolute atomic E-state index is 0.787. The highest BCUT2D eigenvalue weighted by Gasteiger charge is 2.06. The lowest BCUT2D eigenvalue weighted by Gasteiger charge is -2.12. The van der Waals surface area contributed by atoms with E-state index in [0.29, 0.717) is 0 Å². The second-order valence-corrected chi connectivity index (χ2v) is 5.88. The maximum absolute atomic E-state index is 5.60. The van der Waals surface area contributed by atoms with E-state index in [-0.39, 0.29) is 0 Å². The fourth-order valence-corrected chi connectivity index (χ4v) is 2.63. The molecule has 2 nitrogen and oxygen atoms in total. The number of allylic oxidation sites excluding steroid dienone is 1. The highest BCUT2D eigenvalue weighted by Crippen LogP contribution is 2.19. The summed E-state index contributed by atoms with van der Waals surface area (Å²) in [5, 5.41) is 3.40. The monoisotopic (exact) mass is 330 g/mol. The molecule has 118 valence electrons. The Bertz CT molecular complexity index is 855. The van der Waals surface area contributed by atoms with Crippen LogP contribution in [0.4, 0.5) is 5.82 Å². The highest BCUT2D eigenvalue weighted by molar-refractivity contribution is 7.81. The molecule has 0 saturated carbocycles. The lowest BCUT2D eigenvalue weighted by molar-refractivity contribution is 1.20. The van der Waals surface area contributed by atoms with E-state index in [0.717, 1.165) is 33.2 Å². The van der Waals surface area contributed by atoms with Gasteiger partial charge in [0.15, 0.2) is 0 Å². The summed E-state index contributed by atoms with van der Waals surface area (Å²) in [4.78, 5) is 5.31. The number of hydrogen-bond donors (Lipinski definition) is 1. The lowest BCUT2D eigenvalue weighted by Crippen LogP contribution is -2.04. The molecular weight excluding hydrogens is 312 g/mol. The Morgan fingerprint density at radius 3 is 2.08 bits per heavy atom. The first-order valence-corrected chi connectivity index (χ1v) is 8.20. The van der Waals surface area contributed by atoms with Crippen LogP contribution >= 0.6 is 12.2 Å². The Balaban J connectivity index is 1.96. The van der Waals surface area contributed by atoms with E-state index >= 15 is 0 Å². The van der Waals surface area contributed by atoms with Crippen LogP contribution in [0, 0.1) is 6.92 Å². The van der Waals surface area contributed by atoms with Crippen molar-refractivity contribution in [2.45, 2.75) is 6.92 Å². The third-order valence-electron chi connectivity index (χ3n) is 3.57. The molecule has 0 unspecified atom stereocenters. The number of nitrogens with one attached hydrogen (secondary N) is 1. The first-order valence-electron chi connectivity index (χ1n) is 7.79. The molecule has 0 atom stereocenters. The molecule has 0 aliphatic carbocycles. The molecule has 0 aliphatic rings. The van der Waals surface area contributed by atoms with E-state index in [1.54, 1.807) is 0 Å². The normalized spacial score (nSPS) is 11.1. The van der Waals surface area contributed by atoms with Gasteiger partial charge in [0.25, 0.3) is 0 Å². The maximum atomic E-state index is 5.60. The van der Waals surface area contributed by atoms with Crippen molar-refractivity contribution in [2.24, 2.45) is 0 Å². The predicted molar refractivity (Wildman–Crippen MR) is 105 cm³/mol. The molecule has 1 aromatic heterocycles. The Morgan fingerprint density at radius 2 is 1.46 bits per heavy atom. The van der Waals surface area contributed by atoms with Gasteiger partial charge in [-0.25, -0.2) is 4.98 Å². The van der Waals surface area contributed by atoms with Crippen LogP contribution in [0.15, 0.2) is 84.9 Å². The summed E-state index contributed by atoms with van der Waals surface area (Å²) in [7, 11) is 0. The molecule has 24 heavy (non-hydrogen) atoms. The van der Waals surface area contributed by atoms with Crippen molar-refractivity contribution < 1.29 is 0 Å². The summed E-state index contributed by atoms with van der Waals surface area (Å²) in [5.74, 6) is 0.806. The molecule has 3 aromatic rings. The van der Waals surface area contributed by atoms with Crippen molar-refractivity contribution in [1.82, 2.24) is 4.98 Å². The molecule has 3 rings (SSSR count). The number of aryl methyl sites for hydroxylation is 1. The third-order valence-corrected chi connectivity index (χ3v) is 3.92. The Kier molecular flexibility index (Phi) is 5.14. The van der Waals surface area contributed by atoms with Gasteiger partial charge in [0.05, 0.1) is 0 Å². The molecule has 0 amide bonds. The number of rotatable bonds is 5. The summed E-state index contributed by atoms with van der Waals surface area (Å²) in [5.41, 5.74) is 4.00. The lowest BCUT2D eigenvalue weighted by atomic mass is 10.1. The fourth-order valence-electron chi connectivity index (χ4n) is 2.38. The van der Waals surface area contributed by atoms with Crippen LogP contribution in [0.5, 0.6) is 0 Å². The third kappa shape index (κ3) is 4.15. The molecule has 1 N–H and O–H groups in total. The Hall–Kier alpha value is -2.78. The van der Waals surface area contributed by atoms with Crippen molar-refractivity contribution in [1.29, 1.82) is 0 Å². The van der Waals surface area contributed by atoms with Gasteiger partial charge in [-0.15, -0.1) is 0 Å². The van der Waals surface area contributed by atoms with Crippen LogP contribution in [0.1, 0.15) is 16.8 Å². The number of aromatic nitrogens is 1. The number of pyridine rings is 1. The quantitative estimate of drug-likeness (QED) is 0.392. The molecule has 1 heterocycles. The van der Waals surface area contributed by atoms with Crippen molar-refractivity contribution in [3.8, 4) is 0 Å². The standard InChI is InChI=1S/C21H18N2S/c1-16-9-8-14-21(22-16)23-19(17-10-4-2-5-11-17)15-20(24)18-12-6-3-7-13-18/h2-15H,1H3,(H,22,23)/b19-15+. The van der Waals surface area contributed by atoms with E-state index in [1.165, 1.54) is 0 Å². The molecule has 0 saturated heterocycles. The zero-order valence-corrected chi connectivity index (χ0v) is 14.3. The van der Waals surface area contributed by atoms with Gasteiger partial charge < -0.3 is 5.32 Å². The van der Waals surface area contributed by atoms with Crippen LogP contribution in [0.2, 0.25) is 0 Å². The average Bonchev–Trinajstić information content (AvgIpc) is 2.63. The Labute approximate surface area is 147 Å². The van der Waals surface area contributed by atoms with E-state index in [9.17, 15) is 0 Å². The van der Waals surface area contributed by atoms with Crippen LogP contribution in [0.3, 0.4) is 0 Å². The molecule has 0 bridgehead atoms. The van der Waals surface area contributed by atoms with Gasteiger partial charge >= 0.3 is 0 Å². The molecule has 3 heteroatoms. The highest BCUT2D eigenvalue weighted by atomic mass is 32.1. The van der Waals surface area contributed by atoms with E-state index < -0.39 is 0 Å². The number of anilines is 1. The van der Waals surface area contributed by atoms with E-state index in [1.807, 2.05) is 79.7 Å². The first-order chi connectivity index (χ1) is 11.7. The number of thiocarbonyl (C=S) groups is 1. The summed E-state index contributed by atoms with van der Waals surface area (Å²) < 4.78 is 0. The van der Waals surface area contributed by atoms with Gasteiger partial charge in [0.2, 0.25) is 0 Å². The van der Waals surface area contributed by atoms with E-state index in [2.05, 4.69) is 22.4 Å². The number of nitrogens with zero attached hydrogens (tertiary/aromatic N) is 1. The van der Waals surface area contributed by atoms with Crippen molar-refractivity contribution in [3.63, 3.8) is 0 Å². The van der Waals surface area contributed by atoms with Crippen LogP contribution in [-0.4, -0.2) is 9.85 Å². The zero-order valence-electron chi connectivity index (χ0n) is 13.4. The smallest absolute Gasteiger partial charge is 0.130 e. The molecule has 0 radical (unpaired) electrons. The van der Waals surface area contributed by atoms with Gasteiger partial charge in [-0.3, -0.25) is 0 Å². The minimum Gasteiger partial charge on any atom is -0.340 e. The van der Waals surface area contributed by atoms with Crippen molar-refractivity contribution >= 4 is 28.6 Å². The predicted octanol–water partition coefficient (Wildman–Crippen LogP) is 5.26. The van der Waals surface area contributed by atoms with Gasteiger partial charge in [-0.05, 0) is 36.3 Å². The molecule has 0 spiro atoms. The summed E-state index contributed by atoms with van der Waals surface area (Å²) >= 11 is 5.60. The summed E-state index contributed by atoms with van der Waals surface area (Å²) in [6.07, 6.45) is 1.99. The molecule has 0 fully saturated rings. The van der Waals surface area contributed by atoms with E-state index in [4.69, 9.17) is 12.2 Å². The molecule has 0 aliphatic heterocycles. The topological polar surface area (TPSA) is 24.9 Å². The first kappa shape index (κ1) is 16.1. The van der Waals surface area contributed by atoms with Crippen molar-refractivity contribution in [2.75, 3.05) is 5.32 Å². The average molecular weight is 330 g/mol. The molecule has 2 aromatic carbocycles. The molecular formula is C21H18N2S. The van der Waals surface area contributed by atoms with Crippen LogP contribution in [-0.2, 0) is 0 Å². The summed E-state index contributed by atoms with van der Waals surface area (Å²) in [6.45, 7) is 1.98. The van der Waals surface area contributed by atoms with Gasteiger partial charge in [-0.2, -0.15) is 0 Å². The second kappa shape index (κ2) is 7.66. The van der Waals surface area contributed by atoms with Gasteiger partial charge in [0.1, 0.15) is 5.82 Å². The largest absolute Gasteiger partial charge is 0.340 e. The van der Waals surface area contributed by atoms with Gasteiger partial charge in [0, 0.05) is 16.3 Å². The Morgan fingerprint density at radius 1 is 0.833 bits per heavy atom. The summed E-state index contributed by atoms with van der Waals surface area (Å²) in [6, 6.07) is 26.1. The maximum Gasteiger partial charge on any atom is 0.130 e. The second-order valence-electron chi connectivity index (χ2n) is 5.44. The van der Waals surface area contributed by atoms with Crippen LogP contribution in [0.25, 0.3) is 5.70 Å².